The Morgan fingerprint density at radius 2 is 1.77 bits per heavy atom. The van der Waals surface area contributed by atoms with Gasteiger partial charge in [-0.05, 0) is 49.7 Å². The highest BCUT2D eigenvalue weighted by molar-refractivity contribution is 6.31. The summed E-state index contributed by atoms with van der Waals surface area (Å²) in [6.45, 7) is 3.94. The van der Waals surface area contributed by atoms with Crippen molar-refractivity contribution >= 4 is 23.2 Å². The normalized spacial score (nSPS) is 10.5. The number of carbonyl (C=O) groups is 1. The van der Waals surface area contributed by atoms with E-state index in [-0.39, 0.29) is 5.91 Å². The van der Waals surface area contributed by atoms with Crippen molar-refractivity contribution in [1.29, 1.82) is 0 Å². The van der Waals surface area contributed by atoms with Crippen molar-refractivity contribution in [2.24, 2.45) is 0 Å². The highest BCUT2D eigenvalue weighted by Crippen LogP contribution is 2.24. The van der Waals surface area contributed by atoms with Crippen molar-refractivity contribution < 1.29 is 9.53 Å². The summed E-state index contributed by atoms with van der Waals surface area (Å²) in [5, 5.41) is 3.45. The molecule has 5 nitrogen and oxygen atoms in total. The molecule has 0 saturated carbocycles. The Morgan fingerprint density at radius 3 is 2.55 bits per heavy atom. The number of halogens is 1. The molecule has 0 aliphatic heterocycles. The number of aryl methyl sites for hydroxylation is 2. The minimum absolute atomic E-state index is 0.256. The van der Waals surface area contributed by atoms with Crippen molar-refractivity contribution in [3.05, 3.63) is 101 Å². The molecule has 1 aromatic heterocycles. The van der Waals surface area contributed by atoms with Gasteiger partial charge in [0, 0.05) is 34.1 Å². The number of hydrogen-bond donors (Lipinski definition) is 1. The van der Waals surface area contributed by atoms with Gasteiger partial charge < -0.3 is 10.1 Å². The number of carbonyl (C=O) groups excluding carboxylic acids is 1. The first-order valence-corrected chi connectivity index (χ1v) is 10.1. The second-order valence-corrected chi connectivity index (χ2v) is 7.54. The number of anilines is 1. The molecule has 31 heavy (non-hydrogen) atoms. The second kappa shape index (κ2) is 8.98. The lowest BCUT2D eigenvalue weighted by Crippen LogP contribution is -2.11. The Hall–Kier alpha value is -3.70. The minimum Gasteiger partial charge on any atom is -0.439 e. The Labute approximate surface area is 185 Å². The van der Waals surface area contributed by atoms with E-state index >= 15 is 0 Å². The lowest BCUT2D eigenvalue weighted by molar-refractivity contribution is 0.102. The fourth-order valence-electron chi connectivity index (χ4n) is 2.94. The van der Waals surface area contributed by atoms with E-state index < -0.39 is 0 Å². The maximum absolute atomic E-state index is 12.6. The SMILES string of the molecule is Cc1ccc(-c2nccc(Oc3cccc(C(=O)Nc4ccc(C)c(Cl)c4)c3)n2)cc1. The first-order chi connectivity index (χ1) is 15.0. The molecule has 0 fully saturated rings. The summed E-state index contributed by atoms with van der Waals surface area (Å²) in [6, 6.07) is 21.9. The van der Waals surface area contributed by atoms with Crippen LogP contribution in [0.1, 0.15) is 21.5 Å². The molecule has 6 heteroatoms. The molecule has 0 spiro atoms. The number of hydrogen-bond acceptors (Lipinski definition) is 4. The molecule has 3 aromatic carbocycles. The van der Waals surface area contributed by atoms with Gasteiger partial charge in [0.25, 0.3) is 5.91 Å². The molecule has 1 heterocycles. The van der Waals surface area contributed by atoms with E-state index in [0.29, 0.717) is 33.7 Å². The summed E-state index contributed by atoms with van der Waals surface area (Å²) in [4.78, 5) is 21.4. The van der Waals surface area contributed by atoms with E-state index in [1.54, 1.807) is 42.6 Å². The molecular weight excluding hydrogens is 410 g/mol. The molecule has 154 valence electrons. The average molecular weight is 430 g/mol. The highest BCUT2D eigenvalue weighted by Gasteiger charge is 2.10. The van der Waals surface area contributed by atoms with Gasteiger partial charge in [-0.25, -0.2) is 4.98 Å². The predicted molar refractivity (Wildman–Crippen MR) is 123 cm³/mol. The van der Waals surface area contributed by atoms with Crippen molar-refractivity contribution in [3.8, 4) is 23.0 Å². The summed E-state index contributed by atoms with van der Waals surface area (Å²) in [6.07, 6.45) is 1.65. The number of nitrogens with zero attached hydrogens (tertiary/aromatic N) is 2. The molecule has 4 aromatic rings. The van der Waals surface area contributed by atoms with Gasteiger partial charge in [-0.3, -0.25) is 4.79 Å². The van der Waals surface area contributed by atoms with E-state index in [1.165, 1.54) is 5.56 Å². The van der Waals surface area contributed by atoms with Crippen molar-refractivity contribution in [1.82, 2.24) is 9.97 Å². The molecule has 0 saturated heterocycles. The predicted octanol–water partition coefficient (Wildman–Crippen LogP) is 6.46. The largest absolute Gasteiger partial charge is 0.439 e. The standard InChI is InChI=1S/C25H20ClN3O2/c1-16-6-9-18(10-7-16)24-27-13-12-23(29-24)31-21-5-3-4-19(14-21)25(30)28-20-11-8-17(2)22(26)15-20/h3-15H,1-2H3,(H,28,30). The van der Waals surface area contributed by atoms with Gasteiger partial charge >= 0.3 is 0 Å². The number of aromatic nitrogens is 2. The van der Waals surface area contributed by atoms with Gasteiger partial charge in [-0.15, -0.1) is 0 Å². The van der Waals surface area contributed by atoms with Crippen LogP contribution in [0.4, 0.5) is 5.69 Å². The van der Waals surface area contributed by atoms with Crippen LogP contribution in [0.2, 0.25) is 5.02 Å². The van der Waals surface area contributed by atoms with Crippen LogP contribution in [0.25, 0.3) is 11.4 Å². The number of rotatable bonds is 5. The van der Waals surface area contributed by atoms with Crippen LogP contribution in [0.15, 0.2) is 79.0 Å². The third-order valence-corrected chi connectivity index (χ3v) is 5.10. The van der Waals surface area contributed by atoms with Crippen molar-refractivity contribution in [2.75, 3.05) is 5.32 Å². The first kappa shape index (κ1) is 20.6. The molecule has 0 unspecified atom stereocenters. The lowest BCUT2D eigenvalue weighted by atomic mass is 10.1. The summed E-state index contributed by atoms with van der Waals surface area (Å²) in [7, 11) is 0. The summed E-state index contributed by atoms with van der Waals surface area (Å²) in [5.41, 5.74) is 4.11. The molecule has 0 radical (unpaired) electrons. The van der Waals surface area contributed by atoms with Gasteiger partial charge in [-0.1, -0.05) is 53.6 Å². The summed E-state index contributed by atoms with van der Waals surface area (Å²) in [5.74, 6) is 1.22. The fraction of sp³-hybridized carbons (Fsp3) is 0.0800. The average Bonchev–Trinajstić information content (AvgIpc) is 2.77. The van der Waals surface area contributed by atoms with Crippen LogP contribution in [0, 0.1) is 13.8 Å². The molecule has 1 amide bonds. The molecule has 0 bridgehead atoms. The smallest absolute Gasteiger partial charge is 0.255 e. The van der Waals surface area contributed by atoms with Crippen LogP contribution in [0.3, 0.4) is 0 Å². The van der Waals surface area contributed by atoms with Gasteiger partial charge in [0.05, 0.1) is 0 Å². The zero-order valence-electron chi connectivity index (χ0n) is 17.1. The highest BCUT2D eigenvalue weighted by atomic mass is 35.5. The van der Waals surface area contributed by atoms with Gasteiger partial charge in [0.1, 0.15) is 5.75 Å². The Balaban J connectivity index is 1.51. The Kier molecular flexibility index (Phi) is 5.96. The topological polar surface area (TPSA) is 64.1 Å². The van der Waals surface area contributed by atoms with Crippen molar-refractivity contribution in [2.45, 2.75) is 13.8 Å². The minimum atomic E-state index is -0.256. The molecule has 0 aliphatic carbocycles. The van der Waals surface area contributed by atoms with E-state index in [0.717, 1.165) is 11.1 Å². The third-order valence-electron chi connectivity index (χ3n) is 4.69. The van der Waals surface area contributed by atoms with Gasteiger partial charge in [-0.2, -0.15) is 4.98 Å². The van der Waals surface area contributed by atoms with Crippen LogP contribution in [-0.4, -0.2) is 15.9 Å². The van der Waals surface area contributed by atoms with Gasteiger partial charge in [0.2, 0.25) is 5.88 Å². The third kappa shape index (κ3) is 5.08. The lowest BCUT2D eigenvalue weighted by Gasteiger charge is -2.09. The van der Waals surface area contributed by atoms with E-state index in [2.05, 4.69) is 15.3 Å². The second-order valence-electron chi connectivity index (χ2n) is 7.13. The Bertz CT molecular complexity index is 1240. The van der Waals surface area contributed by atoms with E-state index in [9.17, 15) is 4.79 Å². The zero-order chi connectivity index (χ0) is 21.8. The maximum Gasteiger partial charge on any atom is 0.255 e. The number of amides is 1. The van der Waals surface area contributed by atoms with E-state index in [4.69, 9.17) is 16.3 Å². The number of ether oxygens (including phenoxy) is 1. The molecule has 0 aliphatic rings. The van der Waals surface area contributed by atoms with Crippen LogP contribution in [-0.2, 0) is 0 Å². The number of nitrogens with one attached hydrogen (secondary N) is 1. The number of benzene rings is 3. The van der Waals surface area contributed by atoms with Crippen molar-refractivity contribution in [3.63, 3.8) is 0 Å². The zero-order valence-corrected chi connectivity index (χ0v) is 17.9. The molecule has 4 rings (SSSR count). The summed E-state index contributed by atoms with van der Waals surface area (Å²) < 4.78 is 5.89. The maximum atomic E-state index is 12.6. The molecule has 1 N–H and O–H groups in total. The monoisotopic (exact) mass is 429 g/mol. The molecular formula is C25H20ClN3O2. The van der Waals surface area contributed by atoms with Crippen LogP contribution < -0.4 is 10.1 Å². The van der Waals surface area contributed by atoms with Gasteiger partial charge in [0.15, 0.2) is 5.82 Å². The van der Waals surface area contributed by atoms with E-state index in [1.807, 2.05) is 50.2 Å². The Morgan fingerprint density at radius 1 is 0.968 bits per heavy atom. The van der Waals surface area contributed by atoms with Crippen LogP contribution in [0.5, 0.6) is 11.6 Å². The summed E-state index contributed by atoms with van der Waals surface area (Å²) >= 11 is 6.14. The molecule has 0 atom stereocenters. The quantitative estimate of drug-likeness (QED) is 0.395. The first-order valence-electron chi connectivity index (χ1n) is 9.73. The van der Waals surface area contributed by atoms with Crippen LogP contribution >= 0.6 is 11.6 Å². The fourth-order valence-corrected chi connectivity index (χ4v) is 3.12.